The number of hydrogen-bond donors (Lipinski definition) is 2. The van der Waals surface area contributed by atoms with Gasteiger partial charge in [-0.15, -0.1) is 0 Å². The van der Waals surface area contributed by atoms with E-state index in [0.717, 1.165) is 28.0 Å². The highest BCUT2D eigenvalue weighted by molar-refractivity contribution is 6.32. The van der Waals surface area contributed by atoms with Crippen LogP contribution in [0.25, 0.3) is 11.0 Å². The van der Waals surface area contributed by atoms with E-state index in [1.54, 1.807) is 6.07 Å². The van der Waals surface area contributed by atoms with Crippen LogP contribution in [0.4, 0.5) is 0 Å². The van der Waals surface area contributed by atoms with Crippen LogP contribution < -0.4 is 15.8 Å². The Morgan fingerprint density at radius 2 is 2.04 bits per heavy atom. The number of fused-ring (bicyclic) bond motifs is 1. The smallest absolute Gasteiger partial charge is 0.336 e. The highest BCUT2D eigenvalue weighted by atomic mass is 35.5. The summed E-state index contributed by atoms with van der Waals surface area (Å²) < 4.78 is 5.28. The fourth-order valence-corrected chi connectivity index (χ4v) is 2.84. The maximum absolute atomic E-state index is 12.0. The van der Waals surface area contributed by atoms with Crippen molar-refractivity contribution in [1.82, 2.24) is 5.32 Å². The first-order valence-corrected chi connectivity index (χ1v) is 8.53. The third kappa shape index (κ3) is 4.58. The molecule has 130 valence electrons. The number of quaternary nitrogens is 1. The maximum Gasteiger partial charge on any atom is 0.336 e. The van der Waals surface area contributed by atoms with Crippen LogP contribution in [0.1, 0.15) is 31.9 Å². The van der Waals surface area contributed by atoms with Gasteiger partial charge < -0.3 is 14.6 Å². The second-order valence-corrected chi connectivity index (χ2v) is 6.77. The predicted octanol–water partition coefficient (Wildman–Crippen LogP) is 1.68. The van der Waals surface area contributed by atoms with E-state index in [2.05, 4.69) is 5.32 Å². The zero-order chi connectivity index (χ0) is 17.9. The molecule has 5 nitrogen and oxygen atoms in total. The van der Waals surface area contributed by atoms with Crippen LogP contribution >= 0.6 is 11.6 Å². The lowest BCUT2D eigenvalue weighted by atomic mass is 10.1. The summed E-state index contributed by atoms with van der Waals surface area (Å²) in [4.78, 5) is 24.9. The number of carbonyl (C=O) groups excluding carboxylic acids is 1. The zero-order valence-electron chi connectivity index (χ0n) is 14.5. The molecule has 0 spiro atoms. The molecule has 0 aliphatic carbocycles. The Hall–Kier alpha value is -1.85. The molecule has 0 aliphatic rings. The Balaban J connectivity index is 2.31. The molecule has 0 bridgehead atoms. The molecule has 24 heavy (non-hydrogen) atoms. The van der Waals surface area contributed by atoms with Gasteiger partial charge in [0.1, 0.15) is 12.1 Å². The topological polar surface area (TPSA) is 63.8 Å². The molecule has 6 heteroatoms. The van der Waals surface area contributed by atoms with E-state index in [9.17, 15) is 9.59 Å². The van der Waals surface area contributed by atoms with Crippen molar-refractivity contribution in [2.24, 2.45) is 0 Å². The number of likely N-dealkylation sites (N-methyl/N-ethyl adjacent to an activating group) is 1. The first kappa shape index (κ1) is 18.5. The fraction of sp³-hybridized carbons (Fsp3) is 0.444. The quantitative estimate of drug-likeness (QED) is 0.778. The molecule has 1 unspecified atom stereocenters. The molecular weight excluding hydrogens is 328 g/mol. The lowest BCUT2D eigenvalue weighted by Gasteiger charge is -2.19. The molecular formula is C18H24ClN2O3+. The summed E-state index contributed by atoms with van der Waals surface area (Å²) in [5, 5.41) is 4.35. The summed E-state index contributed by atoms with van der Waals surface area (Å²) >= 11 is 6.22. The van der Waals surface area contributed by atoms with Gasteiger partial charge in [0.15, 0.2) is 6.54 Å². The molecule has 2 aromatic rings. The van der Waals surface area contributed by atoms with Gasteiger partial charge >= 0.3 is 5.63 Å². The van der Waals surface area contributed by atoms with Crippen molar-refractivity contribution in [1.29, 1.82) is 0 Å². The molecule has 1 atom stereocenters. The van der Waals surface area contributed by atoms with Crippen molar-refractivity contribution < 1.29 is 14.1 Å². The standard InChI is InChI=1S/C18H23ClN2O3/c1-5-21(10-17(22)20-11(2)3)9-13-7-18(23)24-16-6-12(4)15(19)8-14(13)16/h6-8,11H,5,9-10H2,1-4H3,(H,20,22)/p+1. The number of amides is 1. The molecule has 0 radical (unpaired) electrons. The van der Waals surface area contributed by atoms with Crippen LogP contribution in [0.2, 0.25) is 5.02 Å². The molecule has 2 rings (SSSR count). The number of halogens is 1. The molecule has 2 N–H and O–H groups in total. The Kier molecular flexibility index (Phi) is 6.02. The second kappa shape index (κ2) is 7.81. The minimum atomic E-state index is -0.388. The number of hydrogen-bond acceptors (Lipinski definition) is 3. The summed E-state index contributed by atoms with van der Waals surface area (Å²) in [6.07, 6.45) is 0. The molecule has 1 heterocycles. The fourth-order valence-electron chi connectivity index (χ4n) is 2.68. The van der Waals surface area contributed by atoms with Crippen LogP contribution in [0.3, 0.4) is 0 Å². The highest BCUT2D eigenvalue weighted by Crippen LogP contribution is 2.24. The SMILES string of the molecule is CC[NH+](CC(=O)NC(C)C)Cc1cc(=O)oc2cc(C)c(Cl)cc12. The average Bonchev–Trinajstić information content (AvgIpc) is 2.47. The van der Waals surface area contributed by atoms with Gasteiger partial charge in [-0.3, -0.25) is 4.79 Å². The summed E-state index contributed by atoms with van der Waals surface area (Å²) in [5.41, 5.74) is 1.85. The van der Waals surface area contributed by atoms with Crippen molar-refractivity contribution in [2.45, 2.75) is 40.3 Å². The van der Waals surface area contributed by atoms with Crippen LogP contribution in [0.15, 0.2) is 27.4 Å². The van der Waals surface area contributed by atoms with E-state index >= 15 is 0 Å². The van der Waals surface area contributed by atoms with Crippen LogP contribution in [-0.4, -0.2) is 25.0 Å². The van der Waals surface area contributed by atoms with Crippen molar-refractivity contribution in [3.63, 3.8) is 0 Å². The zero-order valence-corrected chi connectivity index (χ0v) is 15.3. The molecule has 0 saturated heterocycles. The molecule has 1 aromatic carbocycles. The summed E-state index contributed by atoms with van der Waals surface area (Å²) in [7, 11) is 0. The van der Waals surface area contributed by atoms with E-state index in [4.69, 9.17) is 16.0 Å². The van der Waals surface area contributed by atoms with Crippen molar-refractivity contribution in [3.8, 4) is 0 Å². The monoisotopic (exact) mass is 351 g/mol. The molecule has 0 fully saturated rings. The van der Waals surface area contributed by atoms with Crippen molar-refractivity contribution in [2.75, 3.05) is 13.1 Å². The second-order valence-electron chi connectivity index (χ2n) is 6.37. The highest BCUT2D eigenvalue weighted by Gasteiger charge is 2.17. The van der Waals surface area contributed by atoms with E-state index in [1.807, 2.05) is 33.8 Å². The molecule has 1 aromatic heterocycles. The first-order chi connectivity index (χ1) is 11.3. The van der Waals surface area contributed by atoms with Crippen molar-refractivity contribution >= 4 is 28.5 Å². The van der Waals surface area contributed by atoms with Gasteiger partial charge in [-0.25, -0.2) is 4.79 Å². The lowest BCUT2D eigenvalue weighted by Crippen LogP contribution is -3.11. The molecule has 1 amide bonds. The van der Waals surface area contributed by atoms with Gasteiger partial charge in [-0.2, -0.15) is 0 Å². The third-order valence-corrected chi connectivity index (χ3v) is 4.32. The number of carbonyl (C=O) groups is 1. The molecule has 0 saturated carbocycles. The van der Waals surface area contributed by atoms with E-state index in [-0.39, 0.29) is 17.6 Å². The van der Waals surface area contributed by atoms with E-state index in [1.165, 1.54) is 6.07 Å². The van der Waals surface area contributed by atoms with Gasteiger partial charge in [0.2, 0.25) is 0 Å². The number of nitrogens with one attached hydrogen (secondary N) is 2. The van der Waals surface area contributed by atoms with Gasteiger partial charge in [0.05, 0.1) is 6.54 Å². The molecule has 0 aliphatic heterocycles. The van der Waals surface area contributed by atoms with Gasteiger partial charge in [-0.1, -0.05) is 11.6 Å². The number of benzene rings is 1. The Morgan fingerprint density at radius 1 is 1.33 bits per heavy atom. The van der Waals surface area contributed by atoms with Gasteiger partial charge in [0.25, 0.3) is 5.91 Å². The van der Waals surface area contributed by atoms with Crippen molar-refractivity contribution in [3.05, 3.63) is 44.8 Å². The predicted molar refractivity (Wildman–Crippen MR) is 95.6 cm³/mol. The lowest BCUT2D eigenvalue weighted by molar-refractivity contribution is -0.904. The first-order valence-electron chi connectivity index (χ1n) is 8.16. The average molecular weight is 352 g/mol. The Labute approximate surface area is 146 Å². The van der Waals surface area contributed by atoms with E-state index < -0.39 is 0 Å². The third-order valence-electron chi connectivity index (χ3n) is 3.91. The number of rotatable bonds is 6. The minimum absolute atomic E-state index is 0.00278. The summed E-state index contributed by atoms with van der Waals surface area (Å²) in [5.74, 6) is 0.00278. The van der Waals surface area contributed by atoms with E-state index in [0.29, 0.717) is 23.7 Å². The summed E-state index contributed by atoms with van der Waals surface area (Å²) in [6.45, 7) is 9.44. The number of aryl methyl sites for hydroxylation is 1. The van der Waals surface area contributed by atoms with Crippen LogP contribution in [0.5, 0.6) is 0 Å². The Bertz CT molecular complexity index is 799. The van der Waals surface area contributed by atoms with Gasteiger partial charge in [0, 0.05) is 28.1 Å². The summed E-state index contributed by atoms with van der Waals surface area (Å²) in [6, 6.07) is 5.21. The maximum atomic E-state index is 12.0. The normalized spacial score (nSPS) is 12.6. The largest absolute Gasteiger partial charge is 0.423 e. The minimum Gasteiger partial charge on any atom is -0.423 e. The Morgan fingerprint density at radius 3 is 2.67 bits per heavy atom. The van der Waals surface area contributed by atoms with Crippen LogP contribution in [0, 0.1) is 6.92 Å². The van der Waals surface area contributed by atoms with Crippen LogP contribution in [-0.2, 0) is 11.3 Å². The van der Waals surface area contributed by atoms with Gasteiger partial charge in [-0.05, 0) is 45.4 Å².